The highest BCUT2D eigenvalue weighted by molar-refractivity contribution is 5.95. The maximum Gasteiger partial charge on any atom is 0.251 e. The first-order chi connectivity index (χ1) is 10.5. The number of aryl methyl sites for hydroxylation is 1. The Labute approximate surface area is 143 Å². The second kappa shape index (κ2) is 6.89. The molecule has 2 amide bonds. The minimum Gasteiger partial charge on any atom is -0.349 e. The van der Waals surface area contributed by atoms with Gasteiger partial charge in [0, 0.05) is 24.7 Å². The van der Waals surface area contributed by atoms with Crippen LogP contribution in [0.1, 0.15) is 41.6 Å². The van der Waals surface area contributed by atoms with E-state index in [9.17, 15) is 9.59 Å². The van der Waals surface area contributed by atoms with E-state index in [1.807, 2.05) is 36.1 Å². The smallest absolute Gasteiger partial charge is 0.251 e. The van der Waals surface area contributed by atoms with Crippen molar-refractivity contribution in [2.24, 2.45) is 5.73 Å². The highest BCUT2D eigenvalue weighted by Crippen LogP contribution is 2.34. The summed E-state index contributed by atoms with van der Waals surface area (Å²) in [5, 5.41) is 3.08. The minimum absolute atomic E-state index is 0. The maximum absolute atomic E-state index is 12.3. The molecule has 1 aromatic rings. The number of nitrogens with zero attached hydrogens (tertiary/aromatic N) is 1. The zero-order chi connectivity index (χ0) is 15.7. The van der Waals surface area contributed by atoms with E-state index >= 15 is 0 Å². The molecular weight excluding hydrogens is 314 g/mol. The van der Waals surface area contributed by atoms with Gasteiger partial charge in [0.25, 0.3) is 5.91 Å². The molecule has 5 nitrogen and oxygen atoms in total. The molecule has 0 unspecified atom stereocenters. The van der Waals surface area contributed by atoms with Gasteiger partial charge in [-0.15, -0.1) is 12.4 Å². The van der Waals surface area contributed by atoms with Crippen LogP contribution < -0.4 is 11.1 Å². The van der Waals surface area contributed by atoms with Gasteiger partial charge in [-0.25, -0.2) is 0 Å². The van der Waals surface area contributed by atoms with Crippen molar-refractivity contribution in [1.82, 2.24) is 10.2 Å². The maximum atomic E-state index is 12.3. The third-order valence-corrected chi connectivity index (χ3v) is 4.72. The van der Waals surface area contributed by atoms with Crippen LogP contribution in [0, 0.1) is 6.92 Å². The van der Waals surface area contributed by atoms with Crippen molar-refractivity contribution >= 4 is 24.2 Å². The number of amides is 2. The average molecular weight is 338 g/mol. The fraction of sp³-hybridized carbons (Fsp3) is 0.529. The molecule has 3 rings (SSSR count). The average Bonchev–Trinajstić information content (AvgIpc) is 3.27. The van der Waals surface area contributed by atoms with E-state index in [-0.39, 0.29) is 30.3 Å². The van der Waals surface area contributed by atoms with Gasteiger partial charge in [0.2, 0.25) is 5.91 Å². The highest BCUT2D eigenvalue weighted by Gasteiger charge is 2.48. The largest absolute Gasteiger partial charge is 0.349 e. The van der Waals surface area contributed by atoms with Crippen molar-refractivity contribution < 1.29 is 9.59 Å². The van der Waals surface area contributed by atoms with Crippen molar-refractivity contribution in [1.29, 1.82) is 0 Å². The number of carbonyl (C=O) groups excluding carboxylic acids is 2. The number of benzene rings is 1. The van der Waals surface area contributed by atoms with Gasteiger partial charge >= 0.3 is 0 Å². The number of piperidine rings is 1. The monoisotopic (exact) mass is 337 g/mol. The molecule has 1 heterocycles. The summed E-state index contributed by atoms with van der Waals surface area (Å²) in [6, 6.07) is 7.71. The van der Waals surface area contributed by atoms with Crippen LogP contribution in [-0.2, 0) is 4.79 Å². The Bertz CT molecular complexity index is 593. The summed E-state index contributed by atoms with van der Waals surface area (Å²) in [5.41, 5.74) is 7.08. The molecule has 126 valence electrons. The molecule has 2 fully saturated rings. The number of carbonyl (C=O) groups is 2. The molecular formula is C17H24ClN3O2. The molecule has 1 aromatic carbocycles. The number of halogens is 1. The van der Waals surface area contributed by atoms with Crippen LogP contribution in [0.3, 0.4) is 0 Å². The van der Waals surface area contributed by atoms with Crippen LogP contribution in [0.5, 0.6) is 0 Å². The molecule has 2 aliphatic rings. The van der Waals surface area contributed by atoms with Crippen LogP contribution >= 0.6 is 12.4 Å². The summed E-state index contributed by atoms with van der Waals surface area (Å²) in [6.07, 6.45) is 3.18. The first-order valence-electron chi connectivity index (χ1n) is 7.94. The molecule has 0 atom stereocenters. The number of nitrogens with two attached hydrogens (primary N) is 1. The molecule has 0 aromatic heterocycles. The normalized spacial score (nSPS) is 19.7. The van der Waals surface area contributed by atoms with Crippen LogP contribution in [0.4, 0.5) is 0 Å². The van der Waals surface area contributed by atoms with Gasteiger partial charge in [-0.1, -0.05) is 18.2 Å². The Hall–Kier alpha value is -1.59. The van der Waals surface area contributed by atoms with E-state index in [4.69, 9.17) is 5.73 Å². The van der Waals surface area contributed by atoms with Gasteiger partial charge in [-0.05, 0) is 44.2 Å². The van der Waals surface area contributed by atoms with Crippen LogP contribution in [0.25, 0.3) is 0 Å². The van der Waals surface area contributed by atoms with Gasteiger partial charge in [0.05, 0.1) is 5.54 Å². The summed E-state index contributed by atoms with van der Waals surface area (Å²) in [7, 11) is 0. The summed E-state index contributed by atoms with van der Waals surface area (Å²) >= 11 is 0. The Kier molecular flexibility index (Phi) is 5.32. The Morgan fingerprint density at radius 2 is 1.83 bits per heavy atom. The van der Waals surface area contributed by atoms with Crippen molar-refractivity contribution in [3.63, 3.8) is 0 Å². The fourth-order valence-corrected chi connectivity index (χ4v) is 2.98. The molecule has 0 radical (unpaired) electrons. The molecule has 3 N–H and O–H groups in total. The predicted octanol–water partition coefficient (Wildman–Crippen LogP) is 1.63. The SMILES string of the molecule is Cc1ccccc1C(=O)NC1CCN(C(=O)C2(N)CC2)CC1.Cl. The van der Waals surface area contributed by atoms with E-state index in [2.05, 4.69) is 5.32 Å². The molecule has 6 heteroatoms. The second-order valence-electron chi connectivity index (χ2n) is 6.51. The summed E-state index contributed by atoms with van der Waals surface area (Å²) in [4.78, 5) is 26.3. The third kappa shape index (κ3) is 3.85. The van der Waals surface area contributed by atoms with Gasteiger partial charge < -0.3 is 16.0 Å². The summed E-state index contributed by atoms with van der Waals surface area (Å²) in [6.45, 7) is 3.29. The lowest BCUT2D eigenvalue weighted by Gasteiger charge is -2.34. The first-order valence-corrected chi connectivity index (χ1v) is 7.94. The number of likely N-dealkylation sites (tertiary alicyclic amines) is 1. The van der Waals surface area contributed by atoms with E-state index < -0.39 is 5.54 Å². The lowest BCUT2D eigenvalue weighted by atomic mass is 10.0. The van der Waals surface area contributed by atoms with Crippen molar-refractivity contribution in [3.05, 3.63) is 35.4 Å². The van der Waals surface area contributed by atoms with Gasteiger partial charge in [-0.2, -0.15) is 0 Å². The standard InChI is InChI=1S/C17H23N3O2.ClH/c1-12-4-2-3-5-14(12)15(21)19-13-6-10-20(11-7-13)16(22)17(18)8-9-17;/h2-5,13H,6-11,18H2,1H3,(H,19,21);1H. The van der Waals surface area contributed by atoms with Crippen LogP contribution in [0.15, 0.2) is 24.3 Å². The zero-order valence-electron chi connectivity index (χ0n) is 13.4. The van der Waals surface area contributed by atoms with E-state index in [1.165, 1.54) is 0 Å². The van der Waals surface area contributed by atoms with Crippen molar-refractivity contribution in [2.75, 3.05) is 13.1 Å². The topological polar surface area (TPSA) is 75.4 Å². The minimum atomic E-state index is -0.586. The Morgan fingerprint density at radius 1 is 1.22 bits per heavy atom. The van der Waals surface area contributed by atoms with E-state index in [0.29, 0.717) is 13.1 Å². The molecule has 1 aliphatic heterocycles. The van der Waals surface area contributed by atoms with Crippen LogP contribution in [-0.4, -0.2) is 41.4 Å². The van der Waals surface area contributed by atoms with E-state index in [1.54, 1.807) is 0 Å². The summed E-state index contributed by atoms with van der Waals surface area (Å²) < 4.78 is 0. The predicted molar refractivity (Wildman–Crippen MR) is 91.6 cm³/mol. The van der Waals surface area contributed by atoms with Crippen molar-refractivity contribution in [3.8, 4) is 0 Å². The fourth-order valence-electron chi connectivity index (χ4n) is 2.98. The summed E-state index contributed by atoms with van der Waals surface area (Å²) in [5.74, 6) is 0.0524. The molecule has 23 heavy (non-hydrogen) atoms. The molecule has 1 aliphatic carbocycles. The molecule has 1 saturated carbocycles. The van der Waals surface area contributed by atoms with Crippen molar-refractivity contribution in [2.45, 2.75) is 44.2 Å². The number of hydrogen-bond acceptors (Lipinski definition) is 3. The third-order valence-electron chi connectivity index (χ3n) is 4.72. The van der Waals surface area contributed by atoms with E-state index in [0.717, 1.165) is 36.8 Å². The van der Waals surface area contributed by atoms with Gasteiger partial charge in [0.15, 0.2) is 0 Å². The number of nitrogens with one attached hydrogen (secondary N) is 1. The Morgan fingerprint density at radius 3 is 2.39 bits per heavy atom. The lowest BCUT2D eigenvalue weighted by molar-refractivity contribution is -0.134. The zero-order valence-corrected chi connectivity index (χ0v) is 14.2. The lowest BCUT2D eigenvalue weighted by Crippen LogP contribution is -2.52. The number of hydrogen-bond donors (Lipinski definition) is 2. The van der Waals surface area contributed by atoms with Gasteiger partial charge in [0.1, 0.15) is 0 Å². The Balaban J connectivity index is 0.00000192. The van der Waals surface area contributed by atoms with Crippen LogP contribution in [0.2, 0.25) is 0 Å². The highest BCUT2D eigenvalue weighted by atomic mass is 35.5. The number of rotatable bonds is 3. The molecule has 0 spiro atoms. The quantitative estimate of drug-likeness (QED) is 0.880. The second-order valence-corrected chi connectivity index (χ2v) is 6.51. The molecule has 1 saturated heterocycles. The molecule has 0 bridgehead atoms. The first kappa shape index (κ1) is 17.8. The van der Waals surface area contributed by atoms with Gasteiger partial charge in [-0.3, -0.25) is 9.59 Å².